The standard InChI is InChI=1S/C51H70N5.C8H13N.Na/c1-14-18-26-51(11,12)34-45-44-33-42(24-25-47(44)55(17-4)50(45)48-37(8)22-21-23-41(48)15-2)43-30-36(7)29-40(31-43)32-46(39(10)56-28-20-19-27-52-56)53-38(9)49(35(5)6)54(13)16-3;1-3-8(2)9-6-4-5-7-9;/h14,16,21-25,29-31,33,35,46,49,52-53H,1,3,8-10,15,17-20,26-28,32,34H2,2,4-7,11-13H3;3H,1-2,4-7H2;/q-1;;+1. The van der Waals surface area contributed by atoms with Crippen LogP contribution >= 0.6 is 0 Å². The average Bonchev–Trinajstić information content (AvgIpc) is 3.94. The zero-order chi connectivity index (χ0) is 47.4. The van der Waals surface area contributed by atoms with E-state index in [-0.39, 0.29) is 47.1 Å². The van der Waals surface area contributed by atoms with Crippen molar-refractivity contribution in [1.82, 2.24) is 30.1 Å². The molecule has 0 saturated carbocycles. The van der Waals surface area contributed by atoms with Gasteiger partial charge in [0.05, 0.1) is 12.1 Å². The summed E-state index contributed by atoms with van der Waals surface area (Å²) in [6.07, 6.45) is 15.5. The number of rotatable bonds is 21. The van der Waals surface area contributed by atoms with Gasteiger partial charge in [-0.15, -0.1) is 18.2 Å². The van der Waals surface area contributed by atoms with Crippen LogP contribution in [0.25, 0.3) is 33.3 Å². The van der Waals surface area contributed by atoms with Crippen molar-refractivity contribution in [3.63, 3.8) is 0 Å². The van der Waals surface area contributed by atoms with E-state index < -0.39 is 0 Å². The quantitative estimate of drug-likeness (QED) is 0.0377. The Morgan fingerprint density at radius 2 is 1.65 bits per heavy atom. The molecule has 2 N–H and O–H groups in total. The van der Waals surface area contributed by atoms with Crippen molar-refractivity contribution < 1.29 is 29.6 Å². The van der Waals surface area contributed by atoms with Crippen LogP contribution in [-0.2, 0) is 25.8 Å². The number of hydrogen-bond donors (Lipinski definition) is 2. The van der Waals surface area contributed by atoms with Crippen molar-refractivity contribution >= 4 is 10.9 Å². The second-order valence-corrected chi connectivity index (χ2v) is 19.6. The summed E-state index contributed by atoms with van der Waals surface area (Å²) in [5.41, 5.74) is 19.6. The van der Waals surface area contributed by atoms with Crippen LogP contribution in [-0.4, -0.2) is 64.7 Å². The van der Waals surface area contributed by atoms with E-state index in [4.69, 9.17) is 0 Å². The maximum Gasteiger partial charge on any atom is 1.00 e. The fourth-order valence-corrected chi connectivity index (χ4v) is 10.1. The van der Waals surface area contributed by atoms with E-state index in [1.54, 1.807) is 0 Å². The van der Waals surface area contributed by atoms with Crippen LogP contribution in [0.5, 0.6) is 0 Å². The average molecular weight is 899 g/mol. The third kappa shape index (κ3) is 13.4. The first-order chi connectivity index (χ1) is 31.1. The fourth-order valence-electron chi connectivity index (χ4n) is 10.1. The molecule has 2 aliphatic heterocycles. The van der Waals surface area contributed by atoms with Crippen molar-refractivity contribution in [3.8, 4) is 22.4 Å². The Bertz CT molecular complexity index is 2300. The number of likely N-dealkylation sites (tertiary alicyclic amines) is 1. The predicted octanol–water partition coefficient (Wildman–Crippen LogP) is 10.6. The maximum atomic E-state index is 4.67. The van der Waals surface area contributed by atoms with Crippen molar-refractivity contribution in [2.24, 2.45) is 11.3 Å². The maximum absolute atomic E-state index is 4.67. The summed E-state index contributed by atoms with van der Waals surface area (Å²) in [4.78, 5) is 4.43. The second-order valence-electron chi connectivity index (χ2n) is 19.6. The summed E-state index contributed by atoms with van der Waals surface area (Å²) in [6.45, 7) is 50.7. The van der Waals surface area contributed by atoms with Crippen LogP contribution in [0.1, 0.15) is 108 Å². The number of aromatic nitrogens is 1. The Morgan fingerprint density at radius 3 is 2.26 bits per heavy atom. The summed E-state index contributed by atoms with van der Waals surface area (Å²) in [7, 11) is 2.08. The molecule has 2 atom stereocenters. The number of allylic oxidation sites excluding steroid dienone is 2. The molecule has 2 saturated heterocycles. The first-order valence-electron chi connectivity index (χ1n) is 24.4. The zero-order valence-electron chi connectivity index (χ0n) is 42.8. The Labute approximate surface area is 423 Å². The molecular weight excluding hydrogens is 816 g/mol. The van der Waals surface area contributed by atoms with Gasteiger partial charge in [-0.1, -0.05) is 115 Å². The van der Waals surface area contributed by atoms with Gasteiger partial charge in [0.15, 0.2) is 0 Å². The molecule has 7 heteroatoms. The topological polar surface area (TPSA) is 38.7 Å². The largest absolute Gasteiger partial charge is 1.00 e. The molecule has 3 aromatic carbocycles. The zero-order valence-corrected chi connectivity index (χ0v) is 44.8. The van der Waals surface area contributed by atoms with Crippen LogP contribution in [0.15, 0.2) is 130 Å². The van der Waals surface area contributed by atoms with Gasteiger partial charge >= 0.3 is 29.6 Å². The number of nitrogens with one attached hydrogen (secondary N) is 2. The van der Waals surface area contributed by atoms with Crippen LogP contribution < -0.4 is 40.3 Å². The van der Waals surface area contributed by atoms with E-state index in [0.29, 0.717) is 5.92 Å². The fraction of sp³-hybridized carbons (Fsp3) is 0.441. The minimum Gasteiger partial charge on any atom is -0.378 e. The van der Waals surface area contributed by atoms with Gasteiger partial charge in [-0.2, -0.15) is 18.6 Å². The summed E-state index contributed by atoms with van der Waals surface area (Å²) in [6, 6.07) is 20.9. The Hall–Kier alpha value is -4.33. The molecule has 0 aliphatic carbocycles. The molecule has 0 radical (unpaired) electrons. The summed E-state index contributed by atoms with van der Waals surface area (Å²) in [5.74, 6) is 0.358. The van der Waals surface area contributed by atoms with Crippen LogP contribution in [0, 0.1) is 25.2 Å². The van der Waals surface area contributed by atoms with Gasteiger partial charge in [-0.25, -0.2) is 5.43 Å². The monoisotopic (exact) mass is 899 g/mol. The number of aryl methyl sites for hydroxylation is 3. The summed E-state index contributed by atoms with van der Waals surface area (Å²) >= 11 is 0. The van der Waals surface area contributed by atoms with E-state index >= 15 is 0 Å². The summed E-state index contributed by atoms with van der Waals surface area (Å²) < 4.78 is 2.54. The van der Waals surface area contributed by atoms with Crippen molar-refractivity contribution in [1.29, 1.82) is 0 Å². The SMILES string of the molecule is C=CC(=C)N1CCCC1.C=CCCC(C)(C)Cc1c(-c2c([CH2-])cccc2CC)n(CC)c2ccc(-c3cc(C)cc(CC(NC(=C)C(C(C)C)N(C)C=C)C(=C)N4CCCCN4)c3)cc12.[Na+]. The van der Waals surface area contributed by atoms with Crippen molar-refractivity contribution in [2.75, 3.05) is 33.2 Å². The smallest absolute Gasteiger partial charge is 0.378 e. The normalized spacial score (nSPS) is 14.7. The van der Waals surface area contributed by atoms with Gasteiger partial charge in [0.1, 0.15) is 0 Å². The van der Waals surface area contributed by atoms with Gasteiger partial charge in [0, 0.05) is 67.8 Å². The third-order valence-corrected chi connectivity index (χ3v) is 13.6. The number of benzene rings is 3. The number of nitrogens with zero attached hydrogens (tertiary/aromatic N) is 4. The van der Waals surface area contributed by atoms with Crippen molar-refractivity contribution in [2.45, 2.75) is 125 Å². The Morgan fingerprint density at radius 1 is 0.939 bits per heavy atom. The molecule has 2 aliphatic rings. The summed E-state index contributed by atoms with van der Waals surface area (Å²) in [5, 5.41) is 7.46. The molecule has 6 rings (SSSR count). The molecule has 6 nitrogen and oxygen atoms in total. The number of likely N-dealkylation sites (N-methyl/N-ethyl adjacent to an activating group) is 1. The molecule has 0 amide bonds. The van der Waals surface area contributed by atoms with Gasteiger partial charge < -0.3 is 24.7 Å². The van der Waals surface area contributed by atoms with Gasteiger partial charge in [0.2, 0.25) is 0 Å². The molecule has 2 unspecified atom stereocenters. The first-order valence-corrected chi connectivity index (χ1v) is 24.4. The number of hydrazine groups is 1. The number of fused-ring (bicyclic) bond motifs is 1. The molecule has 2 fully saturated rings. The molecular formula is C59H83N6Na. The first kappa shape index (κ1) is 54.3. The van der Waals surface area contributed by atoms with E-state index in [0.717, 1.165) is 80.8 Å². The van der Waals surface area contributed by atoms with Gasteiger partial charge in [0.25, 0.3) is 0 Å². The number of hydrogen-bond acceptors (Lipinski definition) is 5. The van der Waals surface area contributed by atoms with Crippen LogP contribution in [0.3, 0.4) is 0 Å². The van der Waals surface area contributed by atoms with E-state index in [9.17, 15) is 0 Å². The van der Waals surface area contributed by atoms with E-state index in [1.165, 1.54) is 87.9 Å². The molecule has 4 aromatic rings. The second kappa shape index (κ2) is 25.2. The third-order valence-electron chi connectivity index (χ3n) is 13.6. The molecule has 0 spiro atoms. The molecule has 350 valence electrons. The van der Waals surface area contributed by atoms with E-state index in [2.05, 4.69) is 193 Å². The molecule has 66 heavy (non-hydrogen) atoms. The minimum atomic E-state index is -0.0364. The van der Waals surface area contributed by atoms with Gasteiger partial charge in [-0.3, -0.25) is 0 Å². The minimum absolute atomic E-state index is 0. The Kier molecular flexibility index (Phi) is 20.7. The molecule has 0 bridgehead atoms. The van der Waals surface area contributed by atoms with Crippen LogP contribution in [0.4, 0.5) is 0 Å². The van der Waals surface area contributed by atoms with Crippen molar-refractivity contribution in [3.05, 3.63) is 164 Å². The van der Waals surface area contributed by atoms with E-state index in [1.807, 2.05) is 12.3 Å². The predicted molar refractivity (Wildman–Crippen MR) is 284 cm³/mol. The Balaban J connectivity index is 0.000000850. The van der Waals surface area contributed by atoms with Gasteiger partial charge in [-0.05, 0) is 135 Å². The van der Waals surface area contributed by atoms with Crippen LogP contribution in [0.2, 0.25) is 0 Å². The molecule has 1 aromatic heterocycles. The molecule has 3 heterocycles.